The van der Waals surface area contributed by atoms with E-state index in [2.05, 4.69) is 35.3 Å². The molecule has 166 valence electrons. The first kappa shape index (κ1) is 22.5. The zero-order valence-corrected chi connectivity index (χ0v) is 17.1. The minimum atomic E-state index is -2.89. The molecular formula is C21H21F2N7O2. The number of benzene rings is 1. The summed E-state index contributed by atoms with van der Waals surface area (Å²) in [5, 5.41) is 5.23. The molecule has 0 saturated heterocycles. The number of aromatic nitrogens is 3. The molecule has 9 nitrogen and oxygen atoms in total. The van der Waals surface area contributed by atoms with Crippen molar-refractivity contribution in [2.45, 2.75) is 20.1 Å². The molecule has 2 aromatic heterocycles. The summed E-state index contributed by atoms with van der Waals surface area (Å²) < 4.78 is 29.1. The number of carbonyl (C=O) groups excluding carboxylic acids is 1. The first-order valence-electron chi connectivity index (χ1n) is 9.63. The molecule has 32 heavy (non-hydrogen) atoms. The van der Waals surface area contributed by atoms with Crippen molar-refractivity contribution < 1.29 is 18.3 Å². The van der Waals surface area contributed by atoms with Gasteiger partial charge in [-0.3, -0.25) is 15.3 Å². The second-order valence-corrected chi connectivity index (χ2v) is 6.40. The quantitative estimate of drug-likeness (QED) is 0.460. The largest absolute Gasteiger partial charge is 0.435 e. The smallest absolute Gasteiger partial charge is 0.387 e. The molecule has 0 aliphatic rings. The van der Waals surface area contributed by atoms with Gasteiger partial charge in [-0.2, -0.15) is 8.78 Å². The SMILES string of the molecule is CCNC(=O)Nc1ccc2ncc(C(C=NCc3cccc(OC(F)F)c3)=CN)nc2n1. The number of carbonyl (C=O) groups is 1. The predicted molar refractivity (Wildman–Crippen MR) is 117 cm³/mol. The lowest BCUT2D eigenvalue weighted by Gasteiger charge is -2.07. The van der Waals surface area contributed by atoms with Crippen LogP contribution in [-0.4, -0.2) is 40.4 Å². The van der Waals surface area contributed by atoms with Crippen LogP contribution in [0.15, 0.2) is 53.8 Å². The number of ether oxygens (including phenoxy) is 1. The maximum atomic E-state index is 12.4. The zero-order chi connectivity index (χ0) is 22.9. The summed E-state index contributed by atoms with van der Waals surface area (Å²) in [6, 6.07) is 9.21. The molecule has 0 saturated carbocycles. The van der Waals surface area contributed by atoms with Gasteiger partial charge in [-0.15, -0.1) is 0 Å². The van der Waals surface area contributed by atoms with Crippen LogP contribution < -0.4 is 21.1 Å². The third-order valence-corrected chi connectivity index (χ3v) is 4.09. The van der Waals surface area contributed by atoms with Crippen molar-refractivity contribution >= 4 is 34.8 Å². The lowest BCUT2D eigenvalue weighted by molar-refractivity contribution is -0.0498. The lowest BCUT2D eigenvalue weighted by Crippen LogP contribution is -2.28. The van der Waals surface area contributed by atoms with E-state index in [4.69, 9.17) is 5.73 Å². The van der Waals surface area contributed by atoms with Gasteiger partial charge in [0, 0.05) is 24.5 Å². The van der Waals surface area contributed by atoms with E-state index >= 15 is 0 Å². The number of amides is 2. The molecule has 2 amide bonds. The number of hydrogen-bond donors (Lipinski definition) is 3. The third-order valence-electron chi connectivity index (χ3n) is 4.09. The fraction of sp³-hybridized carbons (Fsp3) is 0.190. The third kappa shape index (κ3) is 6.17. The van der Waals surface area contributed by atoms with E-state index < -0.39 is 6.61 Å². The maximum absolute atomic E-state index is 12.4. The van der Waals surface area contributed by atoms with E-state index in [1.807, 2.05) is 0 Å². The number of aliphatic imine (C=N–C) groups is 1. The number of fused-ring (bicyclic) bond motifs is 1. The van der Waals surface area contributed by atoms with Crippen LogP contribution in [0.1, 0.15) is 18.2 Å². The Morgan fingerprint density at radius 2 is 2.12 bits per heavy atom. The van der Waals surface area contributed by atoms with Crippen molar-refractivity contribution in [2.75, 3.05) is 11.9 Å². The summed E-state index contributed by atoms with van der Waals surface area (Å²) in [5.74, 6) is 0.388. The zero-order valence-electron chi connectivity index (χ0n) is 17.1. The number of hydrogen-bond acceptors (Lipinski definition) is 7. The number of halogens is 2. The standard InChI is InChI=1S/C21H21F2N7O2/c1-2-26-21(31)30-18-7-6-16-19(29-18)28-17(12-27-16)14(9-24)11-25-10-13-4-3-5-15(8-13)32-20(22)23/h3-9,11-12,20H,2,10,24H2,1H3,(H2,26,28,29,30,31). The minimum absolute atomic E-state index is 0.0609. The Bertz CT molecular complexity index is 1150. The van der Waals surface area contributed by atoms with Crippen molar-refractivity contribution in [2.24, 2.45) is 10.7 Å². The first-order valence-corrected chi connectivity index (χ1v) is 9.63. The molecule has 1 aromatic carbocycles. The van der Waals surface area contributed by atoms with Gasteiger partial charge in [0.15, 0.2) is 5.65 Å². The van der Waals surface area contributed by atoms with E-state index in [9.17, 15) is 13.6 Å². The monoisotopic (exact) mass is 441 g/mol. The molecule has 4 N–H and O–H groups in total. The number of allylic oxidation sites excluding steroid dienone is 1. The normalized spacial score (nSPS) is 11.8. The molecule has 2 heterocycles. The average molecular weight is 441 g/mol. The Kier molecular flexibility index (Phi) is 7.57. The average Bonchev–Trinajstić information content (AvgIpc) is 2.76. The van der Waals surface area contributed by atoms with Crippen molar-refractivity contribution in [3.8, 4) is 5.75 Å². The number of anilines is 1. The molecule has 0 atom stereocenters. The summed E-state index contributed by atoms with van der Waals surface area (Å²) in [7, 11) is 0. The summed E-state index contributed by atoms with van der Waals surface area (Å²) in [6.45, 7) is -0.382. The van der Waals surface area contributed by atoms with Crippen LogP contribution in [0.5, 0.6) is 5.75 Å². The molecule has 0 fully saturated rings. The summed E-state index contributed by atoms with van der Waals surface area (Å²) in [6.07, 6.45) is 4.36. The Morgan fingerprint density at radius 1 is 1.28 bits per heavy atom. The number of nitrogens with two attached hydrogens (primary N) is 1. The van der Waals surface area contributed by atoms with E-state index in [-0.39, 0.29) is 18.3 Å². The fourth-order valence-corrected chi connectivity index (χ4v) is 2.69. The van der Waals surface area contributed by atoms with E-state index in [0.717, 1.165) is 0 Å². The number of urea groups is 1. The van der Waals surface area contributed by atoms with Crippen LogP contribution in [0.4, 0.5) is 19.4 Å². The van der Waals surface area contributed by atoms with Crippen LogP contribution in [-0.2, 0) is 6.54 Å². The molecule has 0 bridgehead atoms. The Morgan fingerprint density at radius 3 is 2.88 bits per heavy atom. The van der Waals surface area contributed by atoms with Crippen molar-refractivity contribution in [1.29, 1.82) is 0 Å². The highest BCUT2D eigenvalue weighted by Crippen LogP contribution is 2.18. The molecule has 11 heteroatoms. The van der Waals surface area contributed by atoms with Crippen LogP contribution in [0.2, 0.25) is 0 Å². The van der Waals surface area contributed by atoms with E-state index in [0.29, 0.717) is 40.4 Å². The maximum Gasteiger partial charge on any atom is 0.387 e. The highest BCUT2D eigenvalue weighted by atomic mass is 19.3. The molecule has 0 aliphatic carbocycles. The van der Waals surface area contributed by atoms with Crippen LogP contribution in [0.3, 0.4) is 0 Å². The molecule has 0 unspecified atom stereocenters. The van der Waals surface area contributed by atoms with Crippen molar-refractivity contribution in [3.05, 3.63) is 60.1 Å². The number of rotatable bonds is 8. The Labute approximate surface area is 182 Å². The van der Waals surface area contributed by atoms with Gasteiger partial charge >= 0.3 is 12.6 Å². The van der Waals surface area contributed by atoms with Gasteiger partial charge in [0.25, 0.3) is 0 Å². The van der Waals surface area contributed by atoms with Crippen LogP contribution in [0.25, 0.3) is 16.7 Å². The molecule has 0 spiro atoms. The van der Waals surface area contributed by atoms with Gasteiger partial charge in [-0.25, -0.2) is 14.8 Å². The highest BCUT2D eigenvalue weighted by Gasteiger charge is 2.08. The minimum Gasteiger partial charge on any atom is -0.435 e. The molecule has 0 radical (unpaired) electrons. The number of pyridine rings is 1. The van der Waals surface area contributed by atoms with Crippen LogP contribution >= 0.6 is 0 Å². The second-order valence-electron chi connectivity index (χ2n) is 6.40. The van der Waals surface area contributed by atoms with Crippen molar-refractivity contribution in [1.82, 2.24) is 20.3 Å². The topological polar surface area (TPSA) is 127 Å². The summed E-state index contributed by atoms with van der Waals surface area (Å²) >= 11 is 0. The van der Waals surface area contributed by atoms with Gasteiger partial charge in [-0.1, -0.05) is 12.1 Å². The van der Waals surface area contributed by atoms with Gasteiger partial charge in [-0.05, 0) is 36.8 Å². The van der Waals surface area contributed by atoms with Gasteiger partial charge in [0.2, 0.25) is 0 Å². The Balaban J connectivity index is 1.75. The molecule has 3 rings (SSSR count). The molecular weight excluding hydrogens is 420 g/mol. The number of nitrogens with zero attached hydrogens (tertiary/aromatic N) is 4. The first-order chi connectivity index (χ1) is 15.5. The predicted octanol–water partition coefficient (Wildman–Crippen LogP) is 3.34. The van der Waals surface area contributed by atoms with Crippen molar-refractivity contribution in [3.63, 3.8) is 0 Å². The van der Waals surface area contributed by atoms with Crippen LogP contribution in [0, 0.1) is 0 Å². The fourth-order valence-electron chi connectivity index (χ4n) is 2.69. The second kappa shape index (κ2) is 10.8. The lowest BCUT2D eigenvalue weighted by atomic mass is 10.2. The van der Waals surface area contributed by atoms with Gasteiger partial charge < -0.3 is 15.8 Å². The molecule has 3 aromatic rings. The Hall–Kier alpha value is -4.15. The van der Waals surface area contributed by atoms with Gasteiger partial charge in [0.1, 0.15) is 17.1 Å². The van der Waals surface area contributed by atoms with E-state index in [1.165, 1.54) is 30.7 Å². The van der Waals surface area contributed by atoms with E-state index in [1.54, 1.807) is 31.2 Å². The number of alkyl halides is 2. The summed E-state index contributed by atoms with van der Waals surface area (Å²) in [4.78, 5) is 29.0. The van der Waals surface area contributed by atoms with Gasteiger partial charge in [0.05, 0.1) is 18.4 Å². The molecule has 0 aliphatic heterocycles. The summed E-state index contributed by atoms with van der Waals surface area (Å²) in [5.41, 5.74) is 8.19. The number of nitrogens with one attached hydrogen (secondary N) is 2. The highest BCUT2D eigenvalue weighted by molar-refractivity contribution is 6.09.